The third-order valence-electron chi connectivity index (χ3n) is 4.84. The molecular formula is C21H21N3O3S2. The van der Waals surface area contributed by atoms with Crippen LogP contribution in [-0.2, 0) is 21.4 Å². The van der Waals surface area contributed by atoms with Crippen LogP contribution >= 0.6 is 11.3 Å². The van der Waals surface area contributed by atoms with Crippen molar-refractivity contribution < 1.29 is 13.2 Å². The number of nitrogens with one attached hydrogen (secondary N) is 2. The molecule has 29 heavy (non-hydrogen) atoms. The molecule has 0 aliphatic carbocycles. The van der Waals surface area contributed by atoms with Crippen molar-refractivity contribution in [1.82, 2.24) is 9.29 Å². The molecule has 4 aromatic rings. The van der Waals surface area contributed by atoms with Crippen LogP contribution in [0.3, 0.4) is 0 Å². The molecule has 0 fully saturated rings. The van der Waals surface area contributed by atoms with Crippen LogP contribution in [0.25, 0.3) is 21.8 Å². The van der Waals surface area contributed by atoms with Gasteiger partial charge < -0.3 is 9.88 Å². The third-order valence-corrected chi connectivity index (χ3v) is 7.78. The molecule has 8 heteroatoms. The van der Waals surface area contributed by atoms with Gasteiger partial charge in [-0.25, -0.2) is 8.42 Å². The van der Waals surface area contributed by atoms with Gasteiger partial charge in [-0.2, -0.15) is 4.72 Å². The summed E-state index contributed by atoms with van der Waals surface area (Å²) in [5.74, 6) is -0.413. The lowest BCUT2D eigenvalue weighted by molar-refractivity contribution is -0.117. The molecule has 2 aromatic carbocycles. The summed E-state index contributed by atoms with van der Waals surface area (Å²) in [6.45, 7) is 4.47. The molecule has 0 aliphatic rings. The van der Waals surface area contributed by atoms with Crippen molar-refractivity contribution in [3.63, 3.8) is 0 Å². The number of nitrogens with zero attached hydrogens (tertiary/aromatic N) is 1. The van der Waals surface area contributed by atoms with Crippen LogP contribution in [0.1, 0.15) is 13.8 Å². The number of benzene rings is 2. The van der Waals surface area contributed by atoms with Gasteiger partial charge >= 0.3 is 0 Å². The summed E-state index contributed by atoms with van der Waals surface area (Å²) in [4.78, 5) is 12.6. The average molecular weight is 428 g/mol. The zero-order valence-corrected chi connectivity index (χ0v) is 17.7. The number of anilines is 1. The van der Waals surface area contributed by atoms with E-state index in [0.717, 1.165) is 39.7 Å². The van der Waals surface area contributed by atoms with E-state index < -0.39 is 22.0 Å². The Labute approximate surface area is 173 Å². The number of fused-ring (bicyclic) bond motifs is 3. The Balaban J connectivity index is 1.59. The summed E-state index contributed by atoms with van der Waals surface area (Å²) >= 11 is 1.11. The lowest BCUT2D eigenvalue weighted by Gasteiger charge is -2.14. The summed E-state index contributed by atoms with van der Waals surface area (Å²) in [7, 11) is -3.71. The van der Waals surface area contributed by atoms with E-state index in [1.807, 2.05) is 30.3 Å². The van der Waals surface area contributed by atoms with Gasteiger partial charge in [-0.3, -0.25) is 4.79 Å². The zero-order chi connectivity index (χ0) is 20.6. The highest BCUT2D eigenvalue weighted by atomic mass is 32.2. The lowest BCUT2D eigenvalue weighted by atomic mass is 10.1. The van der Waals surface area contributed by atoms with E-state index >= 15 is 0 Å². The van der Waals surface area contributed by atoms with Crippen LogP contribution in [0.15, 0.2) is 64.2 Å². The summed E-state index contributed by atoms with van der Waals surface area (Å²) in [5.41, 5.74) is 2.87. The fourth-order valence-electron chi connectivity index (χ4n) is 3.48. The van der Waals surface area contributed by atoms with Gasteiger partial charge in [0.1, 0.15) is 4.21 Å². The van der Waals surface area contributed by atoms with E-state index in [9.17, 15) is 13.2 Å². The zero-order valence-electron chi connectivity index (χ0n) is 16.0. The topological polar surface area (TPSA) is 80.2 Å². The largest absolute Gasteiger partial charge is 0.341 e. The molecule has 0 radical (unpaired) electrons. The Bertz CT molecular complexity index is 1290. The molecule has 150 valence electrons. The van der Waals surface area contributed by atoms with Crippen molar-refractivity contribution in [2.45, 2.75) is 30.6 Å². The molecular weight excluding hydrogens is 406 g/mol. The second-order valence-corrected chi connectivity index (χ2v) is 9.65. The van der Waals surface area contributed by atoms with Gasteiger partial charge in [-0.05, 0) is 49.6 Å². The number of rotatable bonds is 6. The minimum Gasteiger partial charge on any atom is -0.341 e. The number of para-hydroxylation sites is 1. The van der Waals surface area contributed by atoms with Crippen LogP contribution in [0.5, 0.6) is 0 Å². The first-order valence-electron chi connectivity index (χ1n) is 9.28. The number of aryl methyl sites for hydroxylation is 1. The van der Waals surface area contributed by atoms with Gasteiger partial charge in [0, 0.05) is 34.0 Å². The van der Waals surface area contributed by atoms with Crippen LogP contribution in [0, 0.1) is 0 Å². The van der Waals surface area contributed by atoms with Crippen molar-refractivity contribution in [3.05, 3.63) is 60.0 Å². The summed E-state index contributed by atoms with van der Waals surface area (Å²) in [6.07, 6.45) is 0. The molecule has 1 amide bonds. The first-order valence-corrected chi connectivity index (χ1v) is 11.6. The van der Waals surface area contributed by atoms with Gasteiger partial charge in [-0.15, -0.1) is 11.3 Å². The van der Waals surface area contributed by atoms with Gasteiger partial charge in [0.15, 0.2) is 0 Å². The standard InChI is InChI=1S/C21H21N3O3S2/c1-3-24-18-8-5-4-7-16(18)17-13-15(10-11-19(17)24)22-21(25)14(2)23-29(26,27)20-9-6-12-28-20/h4-14,23H,3H2,1-2H3,(H,22,25). The van der Waals surface area contributed by atoms with Crippen molar-refractivity contribution in [2.24, 2.45) is 0 Å². The van der Waals surface area contributed by atoms with E-state index in [1.54, 1.807) is 11.4 Å². The molecule has 0 saturated heterocycles. The highest BCUT2D eigenvalue weighted by Gasteiger charge is 2.23. The molecule has 0 bridgehead atoms. The maximum Gasteiger partial charge on any atom is 0.250 e. The number of carbonyl (C=O) groups excluding carboxylic acids is 1. The van der Waals surface area contributed by atoms with Gasteiger partial charge in [0.05, 0.1) is 6.04 Å². The molecule has 0 spiro atoms. The summed E-state index contributed by atoms with van der Waals surface area (Å²) in [5, 5.41) is 6.67. The minimum atomic E-state index is -3.71. The summed E-state index contributed by atoms with van der Waals surface area (Å²) < 4.78 is 29.5. The first kappa shape index (κ1) is 19.6. The van der Waals surface area contributed by atoms with E-state index in [4.69, 9.17) is 0 Å². The van der Waals surface area contributed by atoms with Crippen molar-refractivity contribution in [3.8, 4) is 0 Å². The van der Waals surface area contributed by atoms with E-state index in [-0.39, 0.29) is 4.21 Å². The van der Waals surface area contributed by atoms with E-state index in [0.29, 0.717) is 5.69 Å². The van der Waals surface area contributed by atoms with Crippen molar-refractivity contribution >= 4 is 54.8 Å². The monoisotopic (exact) mass is 427 g/mol. The molecule has 1 atom stereocenters. The number of carbonyl (C=O) groups is 1. The molecule has 4 rings (SSSR count). The highest BCUT2D eigenvalue weighted by Crippen LogP contribution is 2.31. The Morgan fingerprint density at radius 1 is 1.07 bits per heavy atom. The van der Waals surface area contributed by atoms with Crippen molar-refractivity contribution in [1.29, 1.82) is 0 Å². The van der Waals surface area contributed by atoms with Gasteiger partial charge in [0.2, 0.25) is 5.91 Å². The number of aromatic nitrogens is 1. The fourth-order valence-corrected chi connectivity index (χ4v) is 5.70. The number of sulfonamides is 1. The second-order valence-electron chi connectivity index (χ2n) is 6.76. The van der Waals surface area contributed by atoms with Gasteiger partial charge in [0.25, 0.3) is 10.0 Å². The van der Waals surface area contributed by atoms with Crippen molar-refractivity contribution in [2.75, 3.05) is 5.32 Å². The molecule has 0 saturated carbocycles. The normalized spacial score (nSPS) is 13.0. The number of amides is 1. The fraction of sp³-hybridized carbons (Fsp3) is 0.190. The maximum atomic E-state index is 12.6. The van der Waals surface area contributed by atoms with Gasteiger partial charge in [-0.1, -0.05) is 24.3 Å². The number of thiophene rings is 1. The second kappa shape index (κ2) is 7.62. The number of hydrogen-bond acceptors (Lipinski definition) is 4. The molecule has 1 unspecified atom stereocenters. The Morgan fingerprint density at radius 3 is 2.55 bits per heavy atom. The predicted molar refractivity (Wildman–Crippen MR) is 118 cm³/mol. The van der Waals surface area contributed by atoms with Crippen LogP contribution < -0.4 is 10.0 Å². The van der Waals surface area contributed by atoms with Crippen LogP contribution in [0.2, 0.25) is 0 Å². The van der Waals surface area contributed by atoms with E-state index in [2.05, 4.69) is 33.7 Å². The lowest BCUT2D eigenvalue weighted by Crippen LogP contribution is -2.41. The predicted octanol–water partition coefficient (Wildman–Crippen LogP) is 4.18. The molecule has 2 aromatic heterocycles. The third kappa shape index (κ3) is 3.66. The average Bonchev–Trinajstić information content (AvgIpc) is 3.34. The first-order chi connectivity index (χ1) is 13.9. The molecule has 2 heterocycles. The van der Waals surface area contributed by atoms with E-state index in [1.165, 1.54) is 13.0 Å². The minimum absolute atomic E-state index is 0.186. The maximum absolute atomic E-state index is 12.6. The molecule has 0 aliphatic heterocycles. The Hall–Kier alpha value is -2.68. The summed E-state index contributed by atoms with van der Waals surface area (Å²) in [6, 6.07) is 16.2. The van der Waals surface area contributed by atoms with Crippen LogP contribution in [0.4, 0.5) is 5.69 Å². The quantitative estimate of drug-likeness (QED) is 0.484. The molecule has 2 N–H and O–H groups in total. The SMILES string of the molecule is CCn1c2ccccc2c2cc(NC(=O)C(C)NS(=O)(=O)c3cccs3)ccc21. The number of hydrogen-bond donors (Lipinski definition) is 2. The smallest absolute Gasteiger partial charge is 0.250 e. The Morgan fingerprint density at radius 2 is 1.83 bits per heavy atom. The van der Waals surface area contributed by atoms with Crippen LogP contribution in [-0.4, -0.2) is 24.9 Å². The highest BCUT2D eigenvalue weighted by molar-refractivity contribution is 7.91. The molecule has 6 nitrogen and oxygen atoms in total. The Kier molecular flexibility index (Phi) is 5.16.